The maximum absolute atomic E-state index is 14.9. The fraction of sp³-hybridized carbons (Fsp3) is 0.333. The molecule has 4 rings (SSSR count). The number of nitrogens with zero attached hydrogens (tertiary/aromatic N) is 2. The summed E-state index contributed by atoms with van der Waals surface area (Å²) in [7, 11) is 0. The molecule has 2 heterocycles. The molecular weight excluding hydrogens is 493 g/mol. The molecule has 1 aliphatic heterocycles. The molecule has 10 nitrogen and oxygen atoms in total. The standard InChI is InChI=1S/C24H25ClFN5O5/c1-24(12-36-13-24)11-27-9-19(32)28-8-15-17(7-6-16(25)21(15)26)29-23(35)22-14-4-2-3-5-18(14)31(30-22)10-20(33)34/h2-7,27H,8-13H2,1H3,(H,28,32)(H,29,35)(H,33,34). The molecule has 0 radical (unpaired) electrons. The highest BCUT2D eigenvalue weighted by molar-refractivity contribution is 6.31. The van der Waals surface area contributed by atoms with Crippen molar-refractivity contribution >= 4 is 46.0 Å². The topological polar surface area (TPSA) is 135 Å². The van der Waals surface area contributed by atoms with Gasteiger partial charge in [0.2, 0.25) is 5.91 Å². The highest BCUT2D eigenvalue weighted by atomic mass is 35.5. The smallest absolute Gasteiger partial charge is 0.325 e. The molecule has 12 heteroatoms. The molecule has 0 spiro atoms. The number of nitrogens with one attached hydrogen (secondary N) is 3. The molecule has 3 aromatic rings. The van der Waals surface area contributed by atoms with Gasteiger partial charge in [-0.3, -0.25) is 19.1 Å². The van der Waals surface area contributed by atoms with Gasteiger partial charge in [-0.05, 0) is 18.2 Å². The van der Waals surface area contributed by atoms with Crippen LogP contribution < -0.4 is 16.0 Å². The lowest BCUT2D eigenvalue weighted by atomic mass is 9.89. The molecule has 0 saturated carbocycles. The van der Waals surface area contributed by atoms with Gasteiger partial charge >= 0.3 is 5.97 Å². The van der Waals surface area contributed by atoms with Crippen molar-refractivity contribution in [3.63, 3.8) is 0 Å². The largest absolute Gasteiger partial charge is 0.480 e. The van der Waals surface area contributed by atoms with Crippen LogP contribution in [0.1, 0.15) is 23.0 Å². The van der Waals surface area contributed by atoms with Crippen LogP contribution in [0.2, 0.25) is 5.02 Å². The van der Waals surface area contributed by atoms with E-state index in [0.717, 1.165) is 0 Å². The number of halogens is 2. The van der Waals surface area contributed by atoms with Gasteiger partial charge < -0.3 is 25.8 Å². The van der Waals surface area contributed by atoms with Crippen molar-refractivity contribution in [2.75, 3.05) is 31.6 Å². The van der Waals surface area contributed by atoms with Crippen molar-refractivity contribution in [3.8, 4) is 0 Å². The summed E-state index contributed by atoms with van der Waals surface area (Å²) in [6.45, 7) is 3.30. The molecule has 0 bridgehead atoms. The Balaban J connectivity index is 1.48. The monoisotopic (exact) mass is 517 g/mol. The Kier molecular flexibility index (Phi) is 7.53. The number of aliphatic carboxylic acids is 1. The highest BCUT2D eigenvalue weighted by Gasteiger charge is 2.32. The number of amides is 2. The normalized spacial score (nSPS) is 14.3. The van der Waals surface area contributed by atoms with Crippen molar-refractivity contribution in [2.24, 2.45) is 5.41 Å². The van der Waals surface area contributed by atoms with Gasteiger partial charge in [0, 0.05) is 35.1 Å². The molecule has 0 atom stereocenters. The van der Waals surface area contributed by atoms with Crippen molar-refractivity contribution in [2.45, 2.75) is 20.0 Å². The average molecular weight is 518 g/mol. The quantitative estimate of drug-likeness (QED) is 0.324. The van der Waals surface area contributed by atoms with Crippen LogP contribution in [0.15, 0.2) is 36.4 Å². The fourth-order valence-corrected chi connectivity index (χ4v) is 4.06. The zero-order valence-electron chi connectivity index (χ0n) is 19.4. The zero-order chi connectivity index (χ0) is 25.9. The molecule has 36 heavy (non-hydrogen) atoms. The predicted octanol–water partition coefficient (Wildman–Crippen LogP) is 2.41. The van der Waals surface area contributed by atoms with E-state index >= 15 is 0 Å². The number of aromatic nitrogens is 2. The average Bonchev–Trinajstić information content (AvgIpc) is 3.18. The van der Waals surface area contributed by atoms with Gasteiger partial charge in [-0.15, -0.1) is 0 Å². The molecule has 4 N–H and O–H groups in total. The van der Waals surface area contributed by atoms with Gasteiger partial charge in [0.15, 0.2) is 5.69 Å². The molecule has 0 unspecified atom stereocenters. The molecule has 190 valence electrons. The van der Waals surface area contributed by atoms with Crippen molar-refractivity contribution in [1.29, 1.82) is 0 Å². The Morgan fingerprint density at radius 1 is 1.22 bits per heavy atom. The third-order valence-electron chi connectivity index (χ3n) is 5.80. The van der Waals surface area contributed by atoms with Crippen LogP contribution in [0.5, 0.6) is 0 Å². The first-order valence-electron chi connectivity index (χ1n) is 11.2. The number of benzene rings is 2. The minimum atomic E-state index is -1.11. The summed E-state index contributed by atoms with van der Waals surface area (Å²) >= 11 is 5.94. The van der Waals surface area contributed by atoms with E-state index in [9.17, 15) is 18.8 Å². The Morgan fingerprint density at radius 3 is 2.67 bits per heavy atom. The molecule has 1 fully saturated rings. The summed E-state index contributed by atoms with van der Waals surface area (Å²) in [6, 6.07) is 9.41. The van der Waals surface area contributed by atoms with Crippen molar-refractivity contribution < 1.29 is 28.6 Å². The summed E-state index contributed by atoms with van der Waals surface area (Å²) in [5.41, 5.74) is 0.548. The number of fused-ring (bicyclic) bond motifs is 1. The van der Waals surface area contributed by atoms with E-state index in [1.54, 1.807) is 24.3 Å². The second-order valence-corrected chi connectivity index (χ2v) is 9.35. The maximum atomic E-state index is 14.9. The lowest BCUT2D eigenvalue weighted by molar-refractivity contribution is -0.137. The summed E-state index contributed by atoms with van der Waals surface area (Å²) in [6.07, 6.45) is 0. The van der Waals surface area contributed by atoms with Crippen LogP contribution in [0.3, 0.4) is 0 Å². The van der Waals surface area contributed by atoms with Crippen LogP contribution in [0.4, 0.5) is 10.1 Å². The molecule has 1 aromatic heterocycles. The summed E-state index contributed by atoms with van der Waals surface area (Å²) in [4.78, 5) is 36.6. The third-order valence-corrected chi connectivity index (χ3v) is 6.09. The zero-order valence-corrected chi connectivity index (χ0v) is 20.2. The second kappa shape index (κ2) is 10.6. The van der Waals surface area contributed by atoms with E-state index in [0.29, 0.717) is 30.7 Å². The Bertz CT molecular complexity index is 1320. The van der Waals surface area contributed by atoms with Gasteiger partial charge in [0.25, 0.3) is 5.91 Å². The predicted molar refractivity (Wildman–Crippen MR) is 130 cm³/mol. The summed E-state index contributed by atoms with van der Waals surface area (Å²) < 4.78 is 21.3. The van der Waals surface area contributed by atoms with E-state index < -0.39 is 24.2 Å². The minimum Gasteiger partial charge on any atom is -0.480 e. The van der Waals surface area contributed by atoms with Crippen LogP contribution in [-0.4, -0.2) is 59.0 Å². The van der Waals surface area contributed by atoms with Crippen LogP contribution in [-0.2, 0) is 27.4 Å². The summed E-state index contributed by atoms with van der Waals surface area (Å²) in [5.74, 6) is -2.91. The van der Waals surface area contributed by atoms with Gasteiger partial charge in [-0.1, -0.05) is 36.7 Å². The van der Waals surface area contributed by atoms with Crippen molar-refractivity contribution in [1.82, 2.24) is 20.4 Å². The number of carbonyl (C=O) groups is 3. The van der Waals surface area contributed by atoms with E-state index in [2.05, 4.69) is 21.0 Å². The first-order chi connectivity index (χ1) is 17.2. The lowest BCUT2D eigenvalue weighted by Crippen LogP contribution is -2.49. The third kappa shape index (κ3) is 5.64. The maximum Gasteiger partial charge on any atom is 0.325 e. The number of carboxylic acids is 1. The summed E-state index contributed by atoms with van der Waals surface area (Å²) in [5, 5.41) is 21.9. The Labute approximate surface area is 210 Å². The molecule has 1 saturated heterocycles. The van der Waals surface area contributed by atoms with Crippen molar-refractivity contribution in [3.05, 3.63) is 58.5 Å². The van der Waals surface area contributed by atoms with E-state index in [4.69, 9.17) is 21.4 Å². The molecular formula is C24H25ClFN5O5. The fourth-order valence-electron chi connectivity index (χ4n) is 3.89. The number of carbonyl (C=O) groups excluding carboxylic acids is 2. The highest BCUT2D eigenvalue weighted by Crippen LogP contribution is 2.27. The van der Waals surface area contributed by atoms with Crippen LogP contribution >= 0.6 is 11.6 Å². The molecule has 0 aliphatic carbocycles. The number of para-hydroxylation sites is 1. The minimum absolute atomic E-state index is 0.00157. The number of carboxylic acid groups (broad SMARTS) is 1. The number of ether oxygens (including phenoxy) is 1. The molecule has 2 aromatic carbocycles. The number of rotatable bonds is 10. The number of hydrogen-bond donors (Lipinski definition) is 4. The number of anilines is 1. The first kappa shape index (κ1) is 25.5. The van der Waals surface area contributed by atoms with Gasteiger partial charge in [-0.2, -0.15) is 5.10 Å². The van der Waals surface area contributed by atoms with E-state index in [1.165, 1.54) is 16.8 Å². The van der Waals surface area contributed by atoms with Gasteiger partial charge in [0.05, 0.1) is 30.3 Å². The Hall–Kier alpha value is -3.54. The first-order valence-corrected chi connectivity index (χ1v) is 11.6. The Morgan fingerprint density at radius 2 is 1.97 bits per heavy atom. The molecule has 2 amide bonds. The van der Waals surface area contributed by atoms with Gasteiger partial charge in [0.1, 0.15) is 12.4 Å². The van der Waals surface area contributed by atoms with E-state index in [-0.39, 0.29) is 46.4 Å². The second-order valence-electron chi connectivity index (χ2n) is 8.94. The van der Waals surface area contributed by atoms with E-state index in [1.807, 2.05) is 6.92 Å². The van der Waals surface area contributed by atoms with Crippen LogP contribution in [0.25, 0.3) is 10.9 Å². The number of hydrogen-bond acceptors (Lipinski definition) is 6. The SMILES string of the molecule is CC1(CNCC(=O)NCc2c(NC(=O)c3nn(CC(=O)O)c4ccccc34)ccc(Cl)c2F)COC1. The lowest BCUT2D eigenvalue weighted by Gasteiger charge is -2.38. The van der Waals surface area contributed by atoms with Crippen LogP contribution in [0, 0.1) is 11.2 Å². The molecule has 1 aliphatic rings. The van der Waals surface area contributed by atoms with Gasteiger partial charge in [-0.25, -0.2) is 4.39 Å².